The molecule has 0 saturated heterocycles. The molecule has 0 amide bonds. The number of halogens is 1. The van der Waals surface area contributed by atoms with Crippen molar-refractivity contribution in [3.63, 3.8) is 0 Å². The van der Waals surface area contributed by atoms with Gasteiger partial charge in [-0.2, -0.15) is 5.10 Å². The topological polar surface area (TPSA) is 119 Å². The second-order valence-corrected chi connectivity index (χ2v) is 7.83. The molecule has 2 aromatic rings. The summed E-state index contributed by atoms with van der Waals surface area (Å²) in [5, 5.41) is 18.4. The minimum Gasteiger partial charge on any atom is -0.388 e. The van der Waals surface area contributed by atoms with Crippen molar-refractivity contribution in [2.24, 2.45) is 18.9 Å². The number of nitrogens with two attached hydrogens (primary N) is 1. The van der Waals surface area contributed by atoms with E-state index in [1.54, 1.807) is 11.7 Å². The predicted octanol–water partition coefficient (Wildman–Crippen LogP) is 1.49. The molecule has 2 aromatic heterocycles. The van der Waals surface area contributed by atoms with Crippen molar-refractivity contribution in [3.8, 4) is 0 Å². The number of aromatic nitrogens is 4. The molecule has 2 unspecified atom stereocenters. The van der Waals surface area contributed by atoms with Crippen LogP contribution in [0.1, 0.15) is 47.7 Å². The van der Waals surface area contributed by atoms with Crippen LogP contribution in [0.15, 0.2) is 12.4 Å². The van der Waals surface area contributed by atoms with E-state index < -0.39 is 11.4 Å². The van der Waals surface area contributed by atoms with Crippen molar-refractivity contribution in [2.75, 3.05) is 17.6 Å². The Morgan fingerprint density at radius 1 is 1.37 bits per heavy atom. The average Bonchev–Trinajstić information content (AvgIpc) is 3.24. The molecule has 0 bridgehead atoms. The Kier molecular flexibility index (Phi) is 4.33. The smallest absolute Gasteiger partial charge is 0.222 e. The first-order valence-electron chi connectivity index (χ1n) is 9.10. The molecule has 2 heterocycles. The first kappa shape index (κ1) is 17.8. The normalized spacial score (nSPS) is 29.7. The second-order valence-electron chi connectivity index (χ2n) is 7.83. The molecule has 27 heavy (non-hydrogen) atoms. The number of anilines is 2. The zero-order chi connectivity index (χ0) is 19.2. The Balaban J connectivity index is 1.39. The fourth-order valence-electron chi connectivity index (χ4n) is 4.78. The lowest BCUT2D eigenvalue weighted by Gasteiger charge is -2.25. The third kappa shape index (κ3) is 3.27. The van der Waals surface area contributed by atoms with Crippen molar-refractivity contribution in [1.29, 1.82) is 0 Å². The van der Waals surface area contributed by atoms with Crippen molar-refractivity contribution >= 4 is 18.1 Å². The van der Waals surface area contributed by atoms with Gasteiger partial charge in [-0.3, -0.25) is 9.48 Å². The Morgan fingerprint density at radius 3 is 2.59 bits per heavy atom. The van der Waals surface area contributed by atoms with Gasteiger partial charge in [0.05, 0.1) is 29.3 Å². The molecule has 0 aliphatic heterocycles. The van der Waals surface area contributed by atoms with Crippen LogP contribution >= 0.6 is 0 Å². The lowest BCUT2D eigenvalue weighted by Crippen LogP contribution is -2.35. The molecular formula is C18H23FN6O2. The minimum atomic E-state index is -0.839. The average molecular weight is 374 g/mol. The molecule has 4 N–H and O–H groups in total. The number of fused-ring (bicyclic) bond motifs is 1. The van der Waals surface area contributed by atoms with Gasteiger partial charge in [-0.1, -0.05) is 0 Å². The van der Waals surface area contributed by atoms with Gasteiger partial charge >= 0.3 is 0 Å². The maximum atomic E-state index is 12.9. The van der Waals surface area contributed by atoms with Crippen LogP contribution in [-0.4, -0.2) is 43.3 Å². The molecule has 0 aromatic carbocycles. The lowest BCUT2D eigenvalue weighted by atomic mass is 9.92. The van der Waals surface area contributed by atoms with E-state index >= 15 is 0 Å². The van der Waals surface area contributed by atoms with Crippen molar-refractivity contribution in [2.45, 2.75) is 37.2 Å². The van der Waals surface area contributed by atoms with E-state index in [0.717, 1.165) is 37.2 Å². The summed E-state index contributed by atoms with van der Waals surface area (Å²) in [4.78, 5) is 19.1. The van der Waals surface area contributed by atoms with E-state index in [9.17, 15) is 14.3 Å². The molecule has 2 saturated carbocycles. The van der Waals surface area contributed by atoms with Gasteiger partial charge in [-0.05, 0) is 37.5 Å². The Hall–Kier alpha value is -2.55. The number of rotatable bonds is 5. The molecular weight excluding hydrogens is 351 g/mol. The van der Waals surface area contributed by atoms with Crippen molar-refractivity contribution in [3.05, 3.63) is 29.5 Å². The minimum absolute atomic E-state index is 0.196. The lowest BCUT2D eigenvalue weighted by molar-refractivity contribution is 0.0513. The summed E-state index contributed by atoms with van der Waals surface area (Å²) in [5.74, 6) is 1.15. The third-order valence-corrected chi connectivity index (χ3v) is 5.98. The summed E-state index contributed by atoms with van der Waals surface area (Å²) in [7, 11) is 1.74. The first-order chi connectivity index (χ1) is 12.9. The quantitative estimate of drug-likeness (QED) is 0.678. The molecule has 4 rings (SSSR count). The Morgan fingerprint density at radius 2 is 2.00 bits per heavy atom. The van der Waals surface area contributed by atoms with Gasteiger partial charge < -0.3 is 16.2 Å². The number of nitrogen functional groups attached to an aromatic ring is 1. The maximum absolute atomic E-state index is 12.9. The number of carbonyl (C=O) groups is 1. The summed E-state index contributed by atoms with van der Waals surface area (Å²) in [6.07, 6.45) is 6.08. The molecule has 9 heteroatoms. The van der Waals surface area contributed by atoms with Gasteiger partial charge in [0.2, 0.25) is 5.95 Å². The van der Waals surface area contributed by atoms with E-state index in [0.29, 0.717) is 48.6 Å². The molecule has 2 aliphatic rings. The zero-order valence-electron chi connectivity index (χ0n) is 15.1. The molecule has 0 radical (unpaired) electrons. The van der Waals surface area contributed by atoms with Gasteiger partial charge in [0.25, 0.3) is 0 Å². The highest BCUT2D eigenvalue weighted by atomic mass is 19.1. The third-order valence-electron chi connectivity index (χ3n) is 5.98. The SMILES string of the molecule is Cn1nc(C2CC3CC(O)(CNc4ncc(F)cn4)CC3C2)c(C=O)c1N. The number of nitrogens with one attached hydrogen (secondary N) is 1. The maximum Gasteiger partial charge on any atom is 0.222 e. The number of aldehydes is 1. The van der Waals surface area contributed by atoms with Crippen LogP contribution in [0.4, 0.5) is 16.2 Å². The van der Waals surface area contributed by atoms with Crippen molar-refractivity contribution in [1.82, 2.24) is 19.7 Å². The van der Waals surface area contributed by atoms with Crippen LogP contribution in [0.2, 0.25) is 0 Å². The van der Waals surface area contributed by atoms with Crippen molar-refractivity contribution < 1.29 is 14.3 Å². The summed E-state index contributed by atoms with van der Waals surface area (Å²) in [5.41, 5.74) is 6.36. The van der Waals surface area contributed by atoms with Crippen LogP contribution in [0.3, 0.4) is 0 Å². The van der Waals surface area contributed by atoms with Gasteiger partial charge in [0.15, 0.2) is 12.1 Å². The molecule has 2 aliphatic carbocycles. The number of hydrogen-bond acceptors (Lipinski definition) is 7. The number of hydrogen-bond donors (Lipinski definition) is 3. The predicted molar refractivity (Wildman–Crippen MR) is 96.6 cm³/mol. The highest BCUT2D eigenvalue weighted by molar-refractivity contribution is 5.83. The standard InChI is InChI=1S/C18H23FN6O2/c1-25-16(20)14(8-26)15(24-25)10-2-11-4-18(27,5-12(11)3-10)9-23-17-21-6-13(19)7-22-17/h6-8,10-12,27H,2-5,9,20H2,1H3,(H,21,22,23). The van der Waals surface area contributed by atoms with Gasteiger partial charge in [-0.15, -0.1) is 0 Å². The highest BCUT2D eigenvalue weighted by Crippen LogP contribution is 2.54. The monoisotopic (exact) mass is 374 g/mol. The fraction of sp³-hybridized carbons (Fsp3) is 0.556. The number of aryl methyl sites for hydroxylation is 1. The van der Waals surface area contributed by atoms with E-state index in [1.165, 1.54) is 0 Å². The Bertz CT molecular complexity index is 838. The molecule has 8 nitrogen and oxygen atoms in total. The highest BCUT2D eigenvalue weighted by Gasteiger charge is 2.49. The number of nitrogens with zero attached hydrogens (tertiary/aromatic N) is 4. The summed E-state index contributed by atoms with van der Waals surface area (Å²) < 4.78 is 14.4. The summed E-state index contributed by atoms with van der Waals surface area (Å²) >= 11 is 0. The largest absolute Gasteiger partial charge is 0.388 e. The first-order valence-corrected chi connectivity index (χ1v) is 9.10. The zero-order valence-corrected chi connectivity index (χ0v) is 15.1. The van der Waals surface area contributed by atoms with Crippen LogP contribution in [-0.2, 0) is 7.05 Å². The molecule has 144 valence electrons. The molecule has 2 fully saturated rings. The number of aliphatic hydroxyl groups is 1. The molecule has 0 spiro atoms. The summed E-state index contributed by atoms with van der Waals surface area (Å²) in [6, 6.07) is 0. The van der Waals surface area contributed by atoms with Crippen LogP contribution < -0.4 is 11.1 Å². The second kappa shape index (κ2) is 6.56. The van der Waals surface area contributed by atoms with Gasteiger partial charge in [0.1, 0.15) is 5.82 Å². The van der Waals surface area contributed by atoms with Crippen LogP contribution in [0.25, 0.3) is 0 Å². The van der Waals surface area contributed by atoms with Gasteiger partial charge in [0, 0.05) is 19.5 Å². The Labute approximate surface area is 156 Å². The van der Waals surface area contributed by atoms with E-state index in [-0.39, 0.29) is 5.92 Å². The molecule has 2 atom stereocenters. The van der Waals surface area contributed by atoms with Crippen LogP contribution in [0, 0.1) is 17.7 Å². The van der Waals surface area contributed by atoms with E-state index in [1.807, 2.05) is 0 Å². The summed E-state index contributed by atoms with van der Waals surface area (Å²) in [6.45, 7) is 0.326. The van der Waals surface area contributed by atoms with Crippen LogP contribution in [0.5, 0.6) is 0 Å². The van der Waals surface area contributed by atoms with Gasteiger partial charge in [-0.25, -0.2) is 14.4 Å². The fourth-order valence-corrected chi connectivity index (χ4v) is 4.78. The van der Waals surface area contributed by atoms with E-state index in [2.05, 4.69) is 20.4 Å². The number of carbonyl (C=O) groups excluding carboxylic acids is 1. The van der Waals surface area contributed by atoms with E-state index in [4.69, 9.17) is 5.73 Å².